The van der Waals surface area contributed by atoms with E-state index in [1.807, 2.05) is 0 Å². The predicted molar refractivity (Wildman–Crippen MR) is 58.6 cm³/mol. The van der Waals surface area contributed by atoms with Crippen LogP contribution in [0.1, 0.15) is 16.1 Å². The van der Waals surface area contributed by atoms with E-state index in [0.29, 0.717) is 16.8 Å². The summed E-state index contributed by atoms with van der Waals surface area (Å²) in [6.45, 7) is 1.77. The van der Waals surface area contributed by atoms with Crippen molar-refractivity contribution in [2.75, 3.05) is 0 Å². The molecule has 1 aromatic heterocycles. The fourth-order valence-electron chi connectivity index (χ4n) is 1.46. The van der Waals surface area contributed by atoms with Crippen molar-refractivity contribution in [1.29, 1.82) is 0 Å². The van der Waals surface area contributed by atoms with E-state index in [2.05, 4.69) is 5.16 Å². The van der Waals surface area contributed by atoms with Gasteiger partial charge in [0.05, 0.1) is 16.3 Å². The molecule has 0 spiro atoms. The summed E-state index contributed by atoms with van der Waals surface area (Å²) < 4.78 is 4.80. The summed E-state index contributed by atoms with van der Waals surface area (Å²) in [5, 5.41) is 12.9. The number of aryl methyl sites for hydroxylation is 1. The van der Waals surface area contributed by atoms with Crippen LogP contribution in [-0.4, -0.2) is 16.2 Å². The Hall–Kier alpha value is -1.81. The number of hydrogen-bond acceptors (Lipinski definition) is 3. The molecule has 0 unspecified atom stereocenters. The molecule has 16 heavy (non-hydrogen) atoms. The first-order valence-electron chi connectivity index (χ1n) is 4.54. The van der Waals surface area contributed by atoms with Gasteiger partial charge in [-0.05, 0) is 13.0 Å². The average Bonchev–Trinajstić information content (AvgIpc) is 2.64. The van der Waals surface area contributed by atoms with Crippen LogP contribution in [0.3, 0.4) is 0 Å². The van der Waals surface area contributed by atoms with E-state index in [0.717, 1.165) is 0 Å². The highest BCUT2D eigenvalue weighted by Crippen LogP contribution is 2.32. The molecular weight excluding hydrogens is 230 g/mol. The smallest absolute Gasteiger partial charge is 0.337 e. The monoisotopic (exact) mass is 237 g/mol. The zero-order valence-electron chi connectivity index (χ0n) is 8.40. The van der Waals surface area contributed by atoms with Gasteiger partial charge in [-0.2, -0.15) is 0 Å². The molecule has 5 heteroatoms. The topological polar surface area (TPSA) is 63.3 Å². The fourth-order valence-corrected chi connectivity index (χ4v) is 1.76. The fraction of sp³-hybridized carbons (Fsp3) is 0.0909. The molecule has 0 radical (unpaired) electrons. The molecule has 1 N–H and O–H groups in total. The van der Waals surface area contributed by atoms with Crippen LogP contribution in [-0.2, 0) is 0 Å². The van der Waals surface area contributed by atoms with Crippen molar-refractivity contribution in [3.8, 4) is 11.1 Å². The number of carbonyl (C=O) groups is 1. The van der Waals surface area contributed by atoms with E-state index in [9.17, 15) is 4.79 Å². The number of benzene rings is 1. The lowest BCUT2D eigenvalue weighted by Crippen LogP contribution is -1.98. The minimum absolute atomic E-state index is 0.0692. The highest BCUT2D eigenvalue weighted by Gasteiger charge is 2.15. The normalized spacial score (nSPS) is 10.4. The number of halogens is 1. The molecule has 0 saturated heterocycles. The van der Waals surface area contributed by atoms with Gasteiger partial charge >= 0.3 is 5.97 Å². The minimum Gasteiger partial charge on any atom is -0.478 e. The first-order chi connectivity index (χ1) is 7.61. The van der Waals surface area contributed by atoms with Crippen molar-refractivity contribution in [2.24, 2.45) is 0 Å². The van der Waals surface area contributed by atoms with Gasteiger partial charge < -0.3 is 9.63 Å². The number of nitrogens with zero attached hydrogens (tertiary/aromatic N) is 1. The van der Waals surface area contributed by atoms with Crippen LogP contribution >= 0.6 is 11.6 Å². The van der Waals surface area contributed by atoms with Crippen LogP contribution in [0.15, 0.2) is 29.0 Å². The van der Waals surface area contributed by atoms with Gasteiger partial charge in [-0.3, -0.25) is 0 Å². The van der Waals surface area contributed by atoms with E-state index >= 15 is 0 Å². The first-order valence-corrected chi connectivity index (χ1v) is 4.92. The Morgan fingerprint density at radius 2 is 2.19 bits per heavy atom. The van der Waals surface area contributed by atoms with Gasteiger partial charge in [0.2, 0.25) is 0 Å². The van der Waals surface area contributed by atoms with Crippen molar-refractivity contribution in [2.45, 2.75) is 6.92 Å². The Balaban J connectivity index is 2.63. The third-order valence-electron chi connectivity index (χ3n) is 2.27. The van der Waals surface area contributed by atoms with E-state index < -0.39 is 5.97 Å². The van der Waals surface area contributed by atoms with Crippen LogP contribution < -0.4 is 0 Å². The lowest BCUT2D eigenvalue weighted by atomic mass is 10.0. The van der Waals surface area contributed by atoms with E-state index in [4.69, 9.17) is 21.2 Å². The Kier molecular flexibility index (Phi) is 2.66. The maximum atomic E-state index is 10.9. The third-order valence-corrected chi connectivity index (χ3v) is 2.68. The molecule has 1 aromatic carbocycles. The average molecular weight is 238 g/mol. The predicted octanol–water partition coefficient (Wildman–Crippen LogP) is 3.00. The van der Waals surface area contributed by atoms with E-state index in [1.54, 1.807) is 19.1 Å². The molecule has 82 valence electrons. The Morgan fingerprint density at radius 1 is 1.44 bits per heavy atom. The second kappa shape index (κ2) is 3.98. The second-order valence-corrected chi connectivity index (χ2v) is 3.66. The van der Waals surface area contributed by atoms with Crippen LogP contribution in [0, 0.1) is 6.92 Å². The first kappa shape index (κ1) is 10.7. The molecule has 0 amide bonds. The zero-order chi connectivity index (χ0) is 11.7. The van der Waals surface area contributed by atoms with Crippen LogP contribution in [0.4, 0.5) is 0 Å². The highest BCUT2D eigenvalue weighted by atomic mass is 35.5. The van der Waals surface area contributed by atoms with E-state index in [1.165, 1.54) is 12.3 Å². The van der Waals surface area contributed by atoms with Gasteiger partial charge in [-0.1, -0.05) is 28.9 Å². The Bertz CT molecular complexity index is 548. The summed E-state index contributed by atoms with van der Waals surface area (Å²) in [7, 11) is 0. The van der Waals surface area contributed by atoms with Crippen molar-refractivity contribution in [3.63, 3.8) is 0 Å². The SMILES string of the molecule is Cc1nocc1-c1cccc(C(=O)O)c1Cl. The van der Waals surface area contributed by atoms with Crippen LogP contribution in [0.2, 0.25) is 5.02 Å². The number of aromatic nitrogens is 1. The van der Waals surface area contributed by atoms with Crippen molar-refractivity contribution in [3.05, 3.63) is 40.7 Å². The van der Waals surface area contributed by atoms with Crippen molar-refractivity contribution >= 4 is 17.6 Å². The van der Waals surface area contributed by atoms with E-state index in [-0.39, 0.29) is 10.6 Å². The molecule has 0 saturated carbocycles. The Labute approximate surface area is 96.4 Å². The summed E-state index contributed by atoms with van der Waals surface area (Å²) in [6.07, 6.45) is 1.45. The van der Waals surface area contributed by atoms with Gasteiger partial charge in [0.15, 0.2) is 0 Å². The standard InChI is InChI=1S/C11H8ClNO3/c1-6-9(5-16-13-6)7-3-2-4-8(10(7)12)11(14)15/h2-5H,1H3,(H,14,15). The number of rotatable bonds is 2. The summed E-state index contributed by atoms with van der Waals surface area (Å²) in [5.74, 6) is -1.05. The quantitative estimate of drug-likeness (QED) is 0.872. The maximum Gasteiger partial charge on any atom is 0.337 e. The largest absolute Gasteiger partial charge is 0.478 e. The third kappa shape index (κ3) is 1.67. The number of hydrogen-bond donors (Lipinski definition) is 1. The second-order valence-electron chi connectivity index (χ2n) is 3.29. The van der Waals surface area contributed by atoms with Gasteiger partial charge in [0.1, 0.15) is 6.26 Å². The van der Waals surface area contributed by atoms with Crippen molar-refractivity contribution < 1.29 is 14.4 Å². The molecule has 0 aliphatic carbocycles. The molecule has 0 bridgehead atoms. The summed E-state index contributed by atoms with van der Waals surface area (Å²) in [5.41, 5.74) is 2.05. The molecular formula is C11H8ClNO3. The molecule has 0 aliphatic rings. The summed E-state index contributed by atoms with van der Waals surface area (Å²) in [6, 6.07) is 4.82. The summed E-state index contributed by atoms with van der Waals surface area (Å²) in [4.78, 5) is 10.9. The van der Waals surface area contributed by atoms with Crippen molar-refractivity contribution in [1.82, 2.24) is 5.16 Å². The summed E-state index contributed by atoms with van der Waals surface area (Å²) >= 11 is 6.02. The molecule has 4 nitrogen and oxygen atoms in total. The minimum atomic E-state index is -1.05. The number of carboxylic acid groups (broad SMARTS) is 1. The number of aromatic carboxylic acids is 1. The van der Waals surface area contributed by atoms with Crippen LogP contribution in [0.25, 0.3) is 11.1 Å². The zero-order valence-corrected chi connectivity index (χ0v) is 9.15. The molecule has 2 aromatic rings. The molecule has 1 heterocycles. The van der Waals surface area contributed by atoms with Gasteiger partial charge in [-0.15, -0.1) is 0 Å². The van der Waals surface area contributed by atoms with Gasteiger partial charge in [0.25, 0.3) is 0 Å². The maximum absolute atomic E-state index is 10.9. The lowest BCUT2D eigenvalue weighted by Gasteiger charge is -2.04. The van der Waals surface area contributed by atoms with Gasteiger partial charge in [0, 0.05) is 11.1 Å². The van der Waals surface area contributed by atoms with Gasteiger partial charge in [-0.25, -0.2) is 4.79 Å². The number of carboxylic acids is 1. The molecule has 2 rings (SSSR count). The molecule has 0 aliphatic heterocycles. The highest BCUT2D eigenvalue weighted by molar-refractivity contribution is 6.36. The van der Waals surface area contributed by atoms with Crippen LogP contribution in [0.5, 0.6) is 0 Å². The lowest BCUT2D eigenvalue weighted by molar-refractivity contribution is 0.0697. The molecule has 0 fully saturated rings. The molecule has 0 atom stereocenters. The Morgan fingerprint density at radius 3 is 2.75 bits per heavy atom.